The van der Waals surface area contributed by atoms with Gasteiger partial charge in [0.05, 0.1) is 12.5 Å². The molecule has 0 saturated heterocycles. The normalized spacial score (nSPS) is 11.2. The number of ether oxygens (including phenoxy) is 1. The average Bonchev–Trinajstić information content (AvgIpc) is 2.41. The molecular formula is C14H22N2O3. The summed E-state index contributed by atoms with van der Waals surface area (Å²) >= 11 is 0. The maximum absolute atomic E-state index is 12.3. The van der Waals surface area contributed by atoms with Gasteiger partial charge in [0.2, 0.25) is 5.91 Å². The first-order valence-electron chi connectivity index (χ1n) is 6.41. The van der Waals surface area contributed by atoms with Gasteiger partial charge in [-0.3, -0.25) is 4.79 Å². The lowest BCUT2D eigenvalue weighted by Gasteiger charge is -2.28. The van der Waals surface area contributed by atoms with E-state index in [0.29, 0.717) is 30.8 Å². The maximum Gasteiger partial charge on any atom is 0.231 e. The lowest BCUT2D eigenvalue weighted by molar-refractivity contribution is -0.125. The first kappa shape index (κ1) is 15.3. The Bertz CT molecular complexity index is 434. The molecule has 0 unspecified atom stereocenters. The van der Waals surface area contributed by atoms with Crippen LogP contribution in [0.1, 0.15) is 26.7 Å². The van der Waals surface area contributed by atoms with Crippen LogP contribution in [-0.4, -0.2) is 24.7 Å². The molecule has 0 heterocycles. The number of rotatable bonds is 6. The highest BCUT2D eigenvalue weighted by molar-refractivity contribution is 5.95. The van der Waals surface area contributed by atoms with Crippen LogP contribution >= 0.6 is 0 Å². The van der Waals surface area contributed by atoms with Crippen molar-refractivity contribution in [3.63, 3.8) is 0 Å². The Morgan fingerprint density at radius 2 is 2.05 bits per heavy atom. The molecule has 0 atom stereocenters. The Labute approximate surface area is 113 Å². The first-order valence-corrected chi connectivity index (χ1v) is 6.41. The van der Waals surface area contributed by atoms with E-state index in [-0.39, 0.29) is 11.7 Å². The van der Waals surface area contributed by atoms with E-state index in [0.717, 1.165) is 0 Å². The fraction of sp³-hybridized carbons (Fsp3) is 0.500. The molecule has 0 aliphatic heterocycles. The zero-order valence-electron chi connectivity index (χ0n) is 11.7. The molecule has 4 N–H and O–H groups in total. The number of anilines is 1. The van der Waals surface area contributed by atoms with Crippen LogP contribution in [-0.2, 0) is 4.79 Å². The van der Waals surface area contributed by atoms with Crippen molar-refractivity contribution in [3.8, 4) is 11.5 Å². The number of nitrogens with one attached hydrogen (secondary N) is 1. The third kappa shape index (κ3) is 3.17. The third-order valence-corrected chi connectivity index (χ3v) is 3.66. The van der Waals surface area contributed by atoms with Crippen LogP contribution in [0.25, 0.3) is 0 Å². The highest BCUT2D eigenvalue weighted by Gasteiger charge is 2.33. The average molecular weight is 266 g/mol. The van der Waals surface area contributed by atoms with E-state index in [2.05, 4.69) is 5.32 Å². The Morgan fingerprint density at radius 1 is 1.42 bits per heavy atom. The summed E-state index contributed by atoms with van der Waals surface area (Å²) in [7, 11) is 1.47. The molecule has 1 aromatic carbocycles. The zero-order valence-corrected chi connectivity index (χ0v) is 11.7. The summed E-state index contributed by atoms with van der Waals surface area (Å²) in [5.41, 5.74) is 5.70. The van der Waals surface area contributed by atoms with E-state index in [4.69, 9.17) is 10.5 Å². The highest BCUT2D eigenvalue weighted by Crippen LogP contribution is 2.31. The second kappa shape index (κ2) is 6.43. The third-order valence-electron chi connectivity index (χ3n) is 3.66. The van der Waals surface area contributed by atoms with E-state index in [1.54, 1.807) is 12.1 Å². The number of hydrogen-bond acceptors (Lipinski definition) is 4. The number of amides is 1. The van der Waals surface area contributed by atoms with Crippen LogP contribution in [0.5, 0.6) is 11.5 Å². The smallest absolute Gasteiger partial charge is 0.231 e. The molecule has 106 valence electrons. The van der Waals surface area contributed by atoms with Crippen LogP contribution in [0.2, 0.25) is 0 Å². The number of benzene rings is 1. The molecule has 0 radical (unpaired) electrons. The van der Waals surface area contributed by atoms with Crippen molar-refractivity contribution in [1.29, 1.82) is 0 Å². The molecular weight excluding hydrogens is 244 g/mol. The SMILES string of the molecule is CCC(CC)(CN)C(=O)Nc1ccc(OC)c(O)c1. The molecule has 5 heteroatoms. The molecule has 1 aromatic rings. The second-order valence-electron chi connectivity index (χ2n) is 4.53. The predicted molar refractivity (Wildman–Crippen MR) is 75.4 cm³/mol. The summed E-state index contributed by atoms with van der Waals surface area (Å²) in [5.74, 6) is 0.241. The Morgan fingerprint density at radius 3 is 2.47 bits per heavy atom. The fourth-order valence-electron chi connectivity index (χ4n) is 1.98. The quantitative estimate of drug-likeness (QED) is 0.736. The van der Waals surface area contributed by atoms with Gasteiger partial charge >= 0.3 is 0 Å². The van der Waals surface area contributed by atoms with Gasteiger partial charge in [-0.1, -0.05) is 13.8 Å². The van der Waals surface area contributed by atoms with Gasteiger partial charge in [0, 0.05) is 18.3 Å². The number of hydrogen-bond donors (Lipinski definition) is 3. The maximum atomic E-state index is 12.3. The lowest BCUT2D eigenvalue weighted by atomic mass is 9.81. The predicted octanol–water partition coefficient (Wildman–Crippen LogP) is 2.10. The van der Waals surface area contributed by atoms with Gasteiger partial charge in [0.1, 0.15) is 0 Å². The van der Waals surface area contributed by atoms with Crippen molar-refractivity contribution in [2.24, 2.45) is 11.1 Å². The zero-order chi connectivity index (χ0) is 14.5. The van der Waals surface area contributed by atoms with Gasteiger partial charge in [-0.05, 0) is 25.0 Å². The number of nitrogens with two attached hydrogens (primary N) is 1. The van der Waals surface area contributed by atoms with Crippen LogP contribution in [0.4, 0.5) is 5.69 Å². The first-order chi connectivity index (χ1) is 9.02. The van der Waals surface area contributed by atoms with Gasteiger partial charge in [-0.2, -0.15) is 0 Å². The Hall–Kier alpha value is -1.75. The molecule has 0 aliphatic carbocycles. The summed E-state index contributed by atoms with van der Waals surface area (Å²) < 4.78 is 4.95. The van der Waals surface area contributed by atoms with Crippen molar-refractivity contribution in [3.05, 3.63) is 18.2 Å². The van der Waals surface area contributed by atoms with E-state index < -0.39 is 5.41 Å². The van der Waals surface area contributed by atoms with Gasteiger partial charge < -0.3 is 20.9 Å². The number of phenols is 1. The topological polar surface area (TPSA) is 84.6 Å². The van der Waals surface area contributed by atoms with Crippen LogP contribution < -0.4 is 15.8 Å². The fourth-order valence-corrected chi connectivity index (χ4v) is 1.98. The van der Waals surface area contributed by atoms with Crippen LogP contribution in [0.15, 0.2) is 18.2 Å². The summed E-state index contributed by atoms with van der Waals surface area (Å²) in [6.07, 6.45) is 1.35. The molecule has 19 heavy (non-hydrogen) atoms. The van der Waals surface area contributed by atoms with Gasteiger partial charge in [-0.25, -0.2) is 0 Å². The number of methoxy groups -OCH3 is 1. The number of carbonyl (C=O) groups excluding carboxylic acids is 1. The molecule has 0 fully saturated rings. The lowest BCUT2D eigenvalue weighted by Crippen LogP contribution is -2.41. The van der Waals surface area contributed by atoms with Gasteiger partial charge in [0.25, 0.3) is 0 Å². The Balaban J connectivity index is 2.90. The summed E-state index contributed by atoms with van der Waals surface area (Å²) in [6.45, 7) is 4.19. The second-order valence-corrected chi connectivity index (χ2v) is 4.53. The number of carbonyl (C=O) groups is 1. The van der Waals surface area contributed by atoms with Crippen molar-refractivity contribution in [2.45, 2.75) is 26.7 Å². The molecule has 5 nitrogen and oxygen atoms in total. The molecule has 1 rings (SSSR count). The standard InChI is InChI=1S/C14H22N2O3/c1-4-14(5-2,9-15)13(18)16-10-6-7-12(19-3)11(17)8-10/h6-8,17H,4-5,9,15H2,1-3H3,(H,16,18). The highest BCUT2D eigenvalue weighted by atomic mass is 16.5. The van der Waals surface area contributed by atoms with E-state index >= 15 is 0 Å². The van der Waals surface area contributed by atoms with E-state index in [1.807, 2.05) is 13.8 Å². The molecule has 0 bridgehead atoms. The van der Waals surface area contributed by atoms with Crippen LogP contribution in [0, 0.1) is 5.41 Å². The molecule has 0 saturated carbocycles. The van der Waals surface area contributed by atoms with Gasteiger partial charge in [0.15, 0.2) is 11.5 Å². The largest absolute Gasteiger partial charge is 0.504 e. The minimum absolute atomic E-state index is 0.00774. The van der Waals surface area contributed by atoms with E-state index in [9.17, 15) is 9.90 Å². The summed E-state index contributed by atoms with van der Waals surface area (Å²) in [6, 6.07) is 4.75. The van der Waals surface area contributed by atoms with Crippen molar-refractivity contribution in [2.75, 3.05) is 19.0 Å². The molecule has 0 spiro atoms. The molecule has 0 aromatic heterocycles. The summed E-state index contributed by atoms with van der Waals surface area (Å²) in [4.78, 5) is 12.3. The monoisotopic (exact) mass is 266 g/mol. The number of aromatic hydroxyl groups is 1. The van der Waals surface area contributed by atoms with Crippen LogP contribution in [0.3, 0.4) is 0 Å². The van der Waals surface area contributed by atoms with Crippen molar-refractivity contribution < 1.29 is 14.6 Å². The summed E-state index contributed by atoms with van der Waals surface area (Å²) in [5, 5.41) is 12.5. The van der Waals surface area contributed by atoms with Crippen molar-refractivity contribution >= 4 is 11.6 Å². The molecule has 1 amide bonds. The van der Waals surface area contributed by atoms with Gasteiger partial charge in [-0.15, -0.1) is 0 Å². The Kier molecular flexibility index (Phi) is 5.18. The minimum atomic E-state index is -0.560. The molecule has 0 aliphatic rings. The van der Waals surface area contributed by atoms with E-state index in [1.165, 1.54) is 13.2 Å². The minimum Gasteiger partial charge on any atom is -0.504 e. The number of phenolic OH excluding ortho intramolecular Hbond substituents is 1. The van der Waals surface area contributed by atoms with Crippen molar-refractivity contribution in [1.82, 2.24) is 0 Å².